The quantitative estimate of drug-likeness (QED) is 0.814. The van der Waals surface area contributed by atoms with Crippen molar-refractivity contribution in [1.29, 1.82) is 0 Å². The minimum absolute atomic E-state index is 0.490. The predicted molar refractivity (Wildman–Crippen MR) is 75.9 cm³/mol. The lowest BCUT2D eigenvalue weighted by Crippen LogP contribution is -2.47. The molecule has 2 fully saturated rings. The molecule has 1 N–H and O–H groups in total. The van der Waals surface area contributed by atoms with Gasteiger partial charge in [0.25, 0.3) is 0 Å². The molecular weight excluding hydrogens is 224 g/mol. The van der Waals surface area contributed by atoms with E-state index >= 15 is 0 Å². The lowest BCUT2D eigenvalue weighted by Gasteiger charge is -2.41. The second kappa shape index (κ2) is 6.88. The zero-order valence-corrected chi connectivity index (χ0v) is 12.2. The third-order valence-corrected chi connectivity index (χ3v) is 4.44. The highest BCUT2D eigenvalue weighted by Crippen LogP contribution is 2.30. The molecule has 1 atom stereocenters. The largest absolute Gasteiger partial charge is 0.377 e. The van der Waals surface area contributed by atoms with Crippen molar-refractivity contribution in [3.63, 3.8) is 0 Å². The summed E-state index contributed by atoms with van der Waals surface area (Å²) in [6.07, 6.45) is 6.84. The van der Waals surface area contributed by atoms with Crippen molar-refractivity contribution < 1.29 is 4.74 Å². The number of rotatable bonds is 5. The molecule has 2 aliphatic rings. The summed E-state index contributed by atoms with van der Waals surface area (Å²) in [7, 11) is 0. The first-order chi connectivity index (χ1) is 8.72. The number of nitrogens with zero attached hydrogens (tertiary/aromatic N) is 1. The van der Waals surface area contributed by atoms with Gasteiger partial charge in [-0.3, -0.25) is 0 Å². The van der Waals surface area contributed by atoms with Crippen molar-refractivity contribution >= 4 is 0 Å². The van der Waals surface area contributed by atoms with E-state index in [1.54, 1.807) is 0 Å². The van der Waals surface area contributed by atoms with Crippen LogP contribution in [0, 0.1) is 5.41 Å². The maximum absolute atomic E-state index is 5.93. The minimum Gasteiger partial charge on any atom is -0.377 e. The van der Waals surface area contributed by atoms with Gasteiger partial charge in [0.1, 0.15) is 0 Å². The fourth-order valence-electron chi connectivity index (χ4n) is 3.31. The van der Waals surface area contributed by atoms with Gasteiger partial charge in [0.2, 0.25) is 0 Å². The van der Waals surface area contributed by atoms with Gasteiger partial charge in [-0.1, -0.05) is 13.8 Å². The van der Waals surface area contributed by atoms with E-state index in [4.69, 9.17) is 4.74 Å². The monoisotopic (exact) mass is 254 g/mol. The van der Waals surface area contributed by atoms with Crippen molar-refractivity contribution in [2.45, 2.75) is 52.1 Å². The Morgan fingerprint density at radius 2 is 2.11 bits per heavy atom. The lowest BCUT2D eigenvalue weighted by molar-refractivity contribution is -0.0132. The van der Waals surface area contributed by atoms with Crippen LogP contribution in [0.1, 0.15) is 46.0 Å². The van der Waals surface area contributed by atoms with Crippen LogP contribution >= 0.6 is 0 Å². The van der Waals surface area contributed by atoms with Crippen molar-refractivity contribution in [2.75, 3.05) is 39.3 Å². The second-order valence-electron chi connectivity index (χ2n) is 6.43. The Balaban J connectivity index is 1.77. The van der Waals surface area contributed by atoms with Gasteiger partial charge in [-0.05, 0) is 57.2 Å². The van der Waals surface area contributed by atoms with Gasteiger partial charge in [-0.15, -0.1) is 0 Å². The van der Waals surface area contributed by atoms with Crippen LogP contribution in [0.5, 0.6) is 0 Å². The van der Waals surface area contributed by atoms with Crippen molar-refractivity contribution in [3.05, 3.63) is 0 Å². The molecule has 0 spiro atoms. The maximum Gasteiger partial charge on any atom is 0.0702 e. The first-order valence-electron chi connectivity index (χ1n) is 7.76. The summed E-state index contributed by atoms with van der Waals surface area (Å²) < 4.78 is 5.93. The van der Waals surface area contributed by atoms with E-state index in [0.29, 0.717) is 11.5 Å². The van der Waals surface area contributed by atoms with Crippen LogP contribution in [-0.4, -0.2) is 50.3 Å². The summed E-state index contributed by atoms with van der Waals surface area (Å²) in [6.45, 7) is 11.7. The summed E-state index contributed by atoms with van der Waals surface area (Å²) in [6, 6.07) is 0. The fraction of sp³-hybridized carbons (Fsp3) is 1.00. The highest BCUT2D eigenvalue weighted by atomic mass is 16.5. The predicted octanol–water partition coefficient (Wildman–Crippen LogP) is 2.27. The number of likely N-dealkylation sites (tertiary alicyclic amines) is 1. The van der Waals surface area contributed by atoms with E-state index in [9.17, 15) is 0 Å². The molecule has 0 radical (unpaired) electrons. The Bertz CT molecular complexity index is 239. The summed E-state index contributed by atoms with van der Waals surface area (Å²) >= 11 is 0. The van der Waals surface area contributed by atoms with Gasteiger partial charge in [0, 0.05) is 19.7 Å². The van der Waals surface area contributed by atoms with E-state index in [-0.39, 0.29) is 0 Å². The Morgan fingerprint density at radius 3 is 2.83 bits per heavy atom. The average molecular weight is 254 g/mol. The molecule has 2 saturated heterocycles. The van der Waals surface area contributed by atoms with Gasteiger partial charge >= 0.3 is 0 Å². The first-order valence-corrected chi connectivity index (χ1v) is 7.76. The van der Waals surface area contributed by atoms with Gasteiger partial charge in [0.15, 0.2) is 0 Å². The van der Waals surface area contributed by atoms with Gasteiger partial charge < -0.3 is 15.0 Å². The molecular formula is C15H30N2O. The van der Waals surface area contributed by atoms with E-state index in [2.05, 4.69) is 24.1 Å². The Morgan fingerprint density at radius 1 is 1.33 bits per heavy atom. The number of ether oxygens (including phenoxy) is 1. The summed E-state index contributed by atoms with van der Waals surface area (Å²) in [4.78, 5) is 2.65. The first kappa shape index (κ1) is 14.3. The van der Waals surface area contributed by atoms with Crippen LogP contribution in [0.4, 0.5) is 0 Å². The SMILES string of the molecule is CCCOC1CCCN(CC2(C)CCNCC2)C1. The second-order valence-corrected chi connectivity index (χ2v) is 6.43. The molecule has 0 saturated carbocycles. The highest BCUT2D eigenvalue weighted by Gasteiger charge is 2.31. The van der Waals surface area contributed by atoms with E-state index in [1.807, 2.05) is 0 Å². The number of hydrogen-bond acceptors (Lipinski definition) is 3. The van der Waals surface area contributed by atoms with Crippen LogP contribution in [0.3, 0.4) is 0 Å². The Labute approximate surface area is 112 Å². The Hall–Kier alpha value is -0.120. The van der Waals surface area contributed by atoms with Crippen LogP contribution < -0.4 is 5.32 Å². The molecule has 0 bridgehead atoms. The van der Waals surface area contributed by atoms with Gasteiger partial charge in [-0.25, -0.2) is 0 Å². The van der Waals surface area contributed by atoms with Crippen molar-refractivity contribution in [3.8, 4) is 0 Å². The zero-order valence-electron chi connectivity index (χ0n) is 12.2. The maximum atomic E-state index is 5.93. The third kappa shape index (κ3) is 4.22. The average Bonchev–Trinajstić information content (AvgIpc) is 2.37. The van der Waals surface area contributed by atoms with E-state index in [1.165, 1.54) is 51.9 Å². The van der Waals surface area contributed by atoms with Crippen LogP contribution in [-0.2, 0) is 4.74 Å². The van der Waals surface area contributed by atoms with Crippen molar-refractivity contribution in [2.24, 2.45) is 5.41 Å². The number of hydrogen-bond donors (Lipinski definition) is 1. The number of nitrogens with one attached hydrogen (secondary N) is 1. The molecule has 2 heterocycles. The van der Waals surface area contributed by atoms with E-state index < -0.39 is 0 Å². The third-order valence-electron chi connectivity index (χ3n) is 4.44. The molecule has 0 amide bonds. The molecule has 3 heteroatoms. The molecule has 0 aliphatic carbocycles. The summed E-state index contributed by atoms with van der Waals surface area (Å²) in [5, 5.41) is 3.47. The van der Waals surface area contributed by atoms with Crippen LogP contribution in [0.25, 0.3) is 0 Å². The van der Waals surface area contributed by atoms with Crippen molar-refractivity contribution in [1.82, 2.24) is 10.2 Å². The molecule has 2 rings (SSSR count). The highest BCUT2D eigenvalue weighted by molar-refractivity contribution is 4.85. The summed E-state index contributed by atoms with van der Waals surface area (Å²) in [5.74, 6) is 0. The Kier molecular flexibility index (Phi) is 5.46. The zero-order chi connectivity index (χ0) is 12.8. The van der Waals surface area contributed by atoms with E-state index in [0.717, 1.165) is 19.6 Å². The van der Waals surface area contributed by atoms with Gasteiger partial charge in [0.05, 0.1) is 6.10 Å². The molecule has 106 valence electrons. The molecule has 0 aromatic carbocycles. The molecule has 1 unspecified atom stereocenters. The van der Waals surface area contributed by atoms with Gasteiger partial charge in [-0.2, -0.15) is 0 Å². The molecule has 18 heavy (non-hydrogen) atoms. The smallest absolute Gasteiger partial charge is 0.0702 e. The fourth-order valence-corrected chi connectivity index (χ4v) is 3.31. The minimum atomic E-state index is 0.490. The normalized spacial score (nSPS) is 29.3. The molecule has 0 aromatic rings. The lowest BCUT2D eigenvalue weighted by atomic mass is 9.80. The molecule has 0 aromatic heterocycles. The number of piperidine rings is 2. The summed E-state index contributed by atoms with van der Waals surface area (Å²) in [5.41, 5.74) is 0.526. The molecule has 3 nitrogen and oxygen atoms in total. The van der Waals surface area contributed by atoms with Crippen LogP contribution in [0.15, 0.2) is 0 Å². The molecule has 2 aliphatic heterocycles. The topological polar surface area (TPSA) is 24.5 Å². The standard InChI is InChI=1S/C15H30N2O/c1-3-11-18-14-5-4-10-17(12-14)13-15(2)6-8-16-9-7-15/h14,16H,3-13H2,1-2H3. The van der Waals surface area contributed by atoms with Crippen LogP contribution in [0.2, 0.25) is 0 Å².